The van der Waals surface area contributed by atoms with Gasteiger partial charge in [-0.3, -0.25) is 9.36 Å². The molecule has 0 aliphatic carbocycles. The zero-order chi connectivity index (χ0) is 19.7. The number of rotatable bonds is 4. The summed E-state index contributed by atoms with van der Waals surface area (Å²) in [4.78, 5) is 16.8. The van der Waals surface area contributed by atoms with Gasteiger partial charge in [0.15, 0.2) is 0 Å². The summed E-state index contributed by atoms with van der Waals surface area (Å²) in [5, 5.41) is 3.90. The van der Waals surface area contributed by atoms with Crippen LogP contribution in [-0.2, 0) is 0 Å². The van der Waals surface area contributed by atoms with Crippen LogP contribution < -0.4 is 20.3 Å². The maximum absolute atomic E-state index is 12.5. The summed E-state index contributed by atoms with van der Waals surface area (Å²) in [6.45, 7) is 2.39. The molecular formula is C21H20ClN3O3. The van der Waals surface area contributed by atoms with Crippen LogP contribution in [-0.4, -0.2) is 23.3 Å². The van der Waals surface area contributed by atoms with Crippen molar-refractivity contribution < 1.29 is 9.47 Å². The van der Waals surface area contributed by atoms with Crippen LogP contribution >= 0.6 is 11.6 Å². The average Bonchev–Trinajstić information content (AvgIpc) is 2.71. The summed E-state index contributed by atoms with van der Waals surface area (Å²) in [6, 6.07) is 15.6. The highest BCUT2D eigenvalue weighted by Gasteiger charge is 2.30. The van der Waals surface area contributed by atoms with Crippen molar-refractivity contribution in [1.82, 2.24) is 9.55 Å². The molecule has 6 nitrogen and oxygen atoms in total. The average molecular weight is 398 g/mol. The Kier molecular flexibility index (Phi) is 4.96. The van der Waals surface area contributed by atoms with E-state index in [4.69, 9.17) is 21.1 Å². The molecule has 2 heterocycles. The van der Waals surface area contributed by atoms with Gasteiger partial charge in [-0.15, -0.1) is 0 Å². The number of fused-ring (bicyclic) bond motifs is 1. The molecule has 0 saturated heterocycles. The lowest BCUT2D eigenvalue weighted by atomic mass is 10.0. The number of nitrogens with one attached hydrogen (secondary N) is 1. The summed E-state index contributed by atoms with van der Waals surface area (Å²) < 4.78 is 13.0. The van der Waals surface area contributed by atoms with E-state index in [0.717, 1.165) is 23.2 Å². The Labute approximate surface area is 167 Å². The number of ether oxygens (including phenoxy) is 2. The highest BCUT2D eigenvalue weighted by molar-refractivity contribution is 6.31. The van der Waals surface area contributed by atoms with E-state index in [1.165, 1.54) is 7.11 Å². The van der Waals surface area contributed by atoms with E-state index >= 15 is 0 Å². The molecule has 2 aromatic carbocycles. The van der Waals surface area contributed by atoms with Gasteiger partial charge in [-0.2, -0.15) is 4.98 Å². The maximum atomic E-state index is 12.5. The van der Waals surface area contributed by atoms with E-state index in [1.807, 2.05) is 47.9 Å². The number of benzene rings is 2. The Balaban J connectivity index is 1.90. The van der Waals surface area contributed by atoms with E-state index in [-0.39, 0.29) is 11.8 Å². The van der Waals surface area contributed by atoms with Gasteiger partial charge >= 0.3 is 5.56 Å². The minimum Gasteiger partial charge on any atom is -0.487 e. The molecule has 144 valence electrons. The lowest BCUT2D eigenvalue weighted by Gasteiger charge is -2.31. The minimum atomic E-state index is -0.482. The SMILES string of the molecule is COc1c2n(c(Nc3cccc(Cl)c3C)nc1=O)C(c1ccccc1)CCO2. The smallest absolute Gasteiger partial charge is 0.320 e. The highest BCUT2D eigenvalue weighted by atomic mass is 35.5. The standard InChI is InChI=1S/C21H20ClN3O3/c1-13-15(22)9-6-10-16(13)23-21-24-19(26)18(27-2)20-25(21)17(11-12-28-20)14-7-4-3-5-8-14/h3-10,17H,11-12H2,1-2H3,(H,23,24,26). The summed E-state index contributed by atoms with van der Waals surface area (Å²) in [6.07, 6.45) is 0.744. The minimum absolute atomic E-state index is 0.0473. The predicted octanol–water partition coefficient (Wildman–Crippen LogP) is 4.33. The normalized spacial score (nSPS) is 15.5. The first-order valence-corrected chi connectivity index (χ1v) is 9.38. The van der Waals surface area contributed by atoms with Crippen molar-refractivity contribution in [3.8, 4) is 11.6 Å². The van der Waals surface area contributed by atoms with Gasteiger partial charge in [0.1, 0.15) is 0 Å². The van der Waals surface area contributed by atoms with E-state index in [9.17, 15) is 4.79 Å². The molecule has 3 aromatic rings. The van der Waals surface area contributed by atoms with Crippen LogP contribution in [0.1, 0.15) is 23.6 Å². The monoisotopic (exact) mass is 397 g/mol. The van der Waals surface area contributed by atoms with Crippen LogP contribution in [0, 0.1) is 6.92 Å². The molecule has 28 heavy (non-hydrogen) atoms. The van der Waals surface area contributed by atoms with Crippen LogP contribution in [0.25, 0.3) is 0 Å². The summed E-state index contributed by atoms with van der Waals surface area (Å²) in [7, 11) is 1.45. The van der Waals surface area contributed by atoms with Gasteiger partial charge in [-0.25, -0.2) is 0 Å². The third-order valence-electron chi connectivity index (χ3n) is 4.89. The molecule has 7 heteroatoms. The van der Waals surface area contributed by atoms with Gasteiger partial charge in [0.25, 0.3) is 0 Å². The highest BCUT2D eigenvalue weighted by Crippen LogP contribution is 2.39. The molecule has 1 aromatic heterocycles. The first-order chi connectivity index (χ1) is 13.6. The number of hydrogen-bond donors (Lipinski definition) is 1. The second-order valence-electron chi connectivity index (χ2n) is 6.55. The van der Waals surface area contributed by atoms with E-state index in [2.05, 4.69) is 22.4 Å². The molecule has 0 fully saturated rings. The Hall–Kier alpha value is -2.99. The Morgan fingerprint density at radius 2 is 2.00 bits per heavy atom. The summed E-state index contributed by atoms with van der Waals surface area (Å²) in [5.41, 5.74) is 2.27. The molecule has 1 atom stereocenters. The molecule has 0 radical (unpaired) electrons. The number of hydrogen-bond acceptors (Lipinski definition) is 5. The summed E-state index contributed by atoms with van der Waals surface area (Å²) in [5.74, 6) is 0.874. The van der Waals surface area contributed by atoms with Crippen molar-refractivity contribution in [3.63, 3.8) is 0 Å². The predicted molar refractivity (Wildman–Crippen MR) is 109 cm³/mol. The van der Waals surface area contributed by atoms with Crippen molar-refractivity contribution >= 4 is 23.2 Å². The second-order valence-corrected chi connectivity index (χ2v) is 6.96. The van der Waals surface area contributed by atoms with Gasteiger partial charge in [0.2, 0.25) is 17.6 Å². The molecule has 0 bridgehead atoms. The Morgan fingerprint density at radius 1 is 1.21 bits per heavy atom. The fraction of sp³-hybridized carbons (Fsp3) is 0.238. The quantitative estimate of drug-likeness (QED) is 0.709. The van der Waals surface area contributed by atoms with Crippen LogP contribution in [0.5, 0.6) is 11.6 Å². The van der Waals surface area contributed by atoms with Gasteiger partial charge in [0.05, 0.1) is 19.8 Å². The zero-order valence-electron chi connectivity index (χ0n) is 15.6. The third-order valence-corrected chi connectivity index (χ3v) is 5.30. The van der Waals surface area contributed by atoms with E-state index in [1.54, 1.807) is 0 Å². The number of methoxy groups -OCH3 is 1. The molecule has 1 unspecified atom stereocenters. The topological polar surface area (TPSA) is 65.4 Å². The molecule has 0 saturated carbocycles. The van der Waals surface area contributed by atoms with Crippen LogP contribution in [0.2, 0.25) is 5.02 Å². The van der Waals surface area contributed by atoms with Crippen molar-refractivity contribution in [1.29, 1.82) is 0 Å². The lowest BCUT2D eigenvalue weighted by molar-refractivity contribution is 0.204. The van der Waals surface area contributed by atoms with Crippen LogP contribution in [0.3, 0.4) is 0 Å². The first-order valence-electron chi connectivity index (χ1n) is 9.00. The molecule has 1 N–H and O–H groups in total. The fourth-order valence-corrected chi connectivity index (χ4v) is 3.61. The number of nitrogens with zero attached hydrogens (tertiary/aromatic N) is 2. The van der Waals surface area contributed by atoms with Gasteiger partial charge in [-0.05, 0) is 30.2 Å². The number of anilines is 2. The van der Waals surface area contributed by atoms with Crippen LogP contribution in [0.15, 0.2) is 53.3 Å². The molecule has 0 spiro atoms. The van der Waals surface area contributed by atoms with Crippen molar-refractivity contribution in [2.45, 2.75) is 19.4 Å². The Morgan fingerprint density at radius 3 is 2.75 bits per heavy atom. The molecule has 1 aliphatic rings. The van der Waals surface area contributed by atoms with Gasteiger partial charge < -0.3 is 14.8 Å². The van der Waals surface area contributed by atoms with E-state index in [0.29, 0.717) is 23.5 Å². The van der Waals surface area contributed by atoms with Crippen LogP contribution in [0.4, 0.5) is 11.6 Å². The molecule has 4 rings (SSSR count). The van der Waals surface area contributed by atoms with E-state index < -0.39 is 5.56 Å². The maximum Gasteiger partial charge on any atom is 0.320 e. The molecular weight excluding hydrogens is 378 g/mol. The number of halogens is 1. The molecule has 0 amide bonds. The van der Waals surface area contributed by atoms with Crippen molar-refractivity contribution in [3.05, 3.63) is 75.0 Å². The van der Waals surface area contributed by atoms with Gasteiger partial charge in [-0.1, -0.05) is 48.0 Å². The summed E-state index contributed by atoms with van der Waals surface area (Å²) >= 11 is 6.25. The second kappa shape index (κ2) is 7.56. The third kappa shape index (κ3) is 3.20. The van der Waals surface area contributed by atoms with Crippen molar-refractivity contribution in [2.24, 2.45) is 0 Å². The Bertz CT molecular complexity index is 1070. The number of aromatic nitrogens is 2. The van der Waals surface area contributed by atoms with Crippen molar-refractivity contribution in [2.75, 3.05) is 19.0 Å². The fourth-order valence-electron chi connectivity index (χ4n) is 3.44. The first kappa shape index (κ1) is 18.4. The zero-order valence-corrected chi connectivity index (χ0v) is 16.4. The molecule has 1 aliphatic heterocycles. The van der Waals surface area contributed by atoms with Gasteiger partial charge in [0, 0.05) is 17.1 Å². The lowest BCUT2D eigenvalue weighted by Crippen LogP contribution is -2.29. The largest absolute Gasteiger partial charge is 0.487 e.